The Labute approximate surface area is 191 Å². The Morgan fingerprint density at radius 3 is 2.31 bits per heavy atom. The number of benzene rings is 3. The fourth-order valence-corrected chi connectivity index (χ4v) is 3.46. The molecule has 5 nitrogen and oxygen atoms in total. The molecule has 0 aromatic heterocycles. The number of halogens is 2. The maximum absolute atomic E-state index is 13.4. The number of ether oxygens (including phenoxy) is 1. The molecule has 0 bridgehead atoms. The van der Waals surface area contributed by atoms with Gasteiger partial charge in [0.2, 0.25) is 5.91 Å². The van der Waals surface area contributed by atoms with Crippen molar-refractivity contribution in [1.29, 1.82) is 0 Å². The summed E-state index contributed by atoms with van der Waals surface area (Å²) in [6.45, 7) is 2.01. The van der Waals surface area contributed by atoms with Gasteiger partial charge in [0.15, 0.2) is 6.61 Å². The largest absolute Gasteiger partial charge is 0.482 e. The molecule has 0 spiro atoms. The van der Waals surface area contributed by atoms with Gasteiger partial charge in [-0.15, -0.1) is 0 Å². The zero-order chi connectivity index (χ0) is 22.9. The van der Waals surface area contributed by atoms with Gasteiger partial charge in [-0.2, -0.15) is 0 Å². The minimum Gasteiger partial charge on any atom is -0.482 e. The van der Waals surface area contributed by atoms with Crippen molar-refractivity contribution in [1.82, 2.24) is 10.2 Å². The number of carbonyl (C=O) groups excluding carboxylic acids is 2. The lowest BCUT2D eigenvalue weighted by molar-refractivity contribution is -0.143. The smallest absolute Gasteiger partial charge is 0.261 e. The molecule has 0 saturated carbocycles. The maximum Gasteiger partial charge on any atom is 0.261 e. The van der Waals surface area contributed by atoms with Gasteiger partial charge >= 0.3 is 0 Å². The zero-order valence-corrected chi connectivity index (χ0v) is 18.4. The second-order valence-corrected chi connectivity index (χ2v) is 7.48. The van der Waals surface area contributed by atoms with Crippen LogP contribution in [0.15, 0.2) is 78.9 Å². The second kappa shape index (κ2) is 11.3. The minimum absolute atomic E-state index is 0.0989. The predicted molar refractivity (Wildman–Crippen MR) is 122 cm³/mol. The van der Waals surface area contributed by atoms with E-state index in [0.717, 1.165) is 0 Å². The third-order valence-electron chi connectivity index (χ3n) is 4.80. The summed E-state index contributed by atoms with van der Waals surface area (Å²) in [5.41, 5.74) is 1.34. The number of rotatable bonds is 9. The minimum atomic E-state index is -0.886. The van der Waals surface area contributed by atoms with E-state index in [1.165, 1.54) is 17.0 Å². The van der Waals surface area contributed by atoms with Crippen LogP contribution in [0.2, 0.25) is 5.02 Å². The van der Waals surface area contributed by atoms with Crippen LogP contribution in [-0.4, -0.2) is 29.9 Å². The Balaban J connectivity index is 1.93. The molecule has 0 radical (unpaired) electrons. The topological polar surface area (TPSA) is 58.6 Å². The first-order valence-corrected chi connectivity index (χ1v) is 10.6. The average Bonchev–Trinajstić information content (AvgIpc) is 2.80. The summed E-state index contributed by atoms with van der Waals surface area (Å²) in [5.74, 6) is -0.725. The summed E-state index contributed by atoms with van der Waals surface area (Å²) < 4.78 is 19.1. The van der Waals surface area contributed by atoms with Gasteiger partial charge in [-0.1, -0.05) is 66.2 Å². The lowest BCUT2D eigenvalue weighted by atomic mass is 10.0. The normalized spacial score (nSPS) is 11.5. The van der Waals surface area contributed by atoms with Crippen LogP contribution in [0.5, 0.6) is 5.75 Å². The summed E-state index contributed by atoms with van der Waals surface area (Å²) in [6, 6.07) is 20.8. The number of nitrogens with zero attached hydrogens (tertiary/aromatic N) is 1. The second-order valence-electron chi connectivity index (χ2n) is 7.08. The predicted octanol–water partition coefficient (Wildman–Crippen LogP) is 4.76. The van der Waals surface area contributed by atoms with Gasteiger partial charge in [0.1, 0.15) is 17.6 Å². The van der Waals surface area contributed by atoms with Crippen LogP contribution in [0.4, 0.5) is 4.39 Å². The molecule has 2 amide bonds. The number of amides is 2. The van der Waals surface area contributed by atoms with Crippen LogP contribution < -0.4 is 10.1 Å². The molecule has 0 heterocycles. The standard InChI is InChI=1S/C25H24ClFN2O3/c1-2-28-25(31)24(19-8-4-3-5-9-19)29(16-18-12-14-20(27)15-13-18)23(30)17-32-22-11-7-6-10-21(22)26/h3-15,24H,2,16-17H2,1H3,(H,28,31)/t24-/m0/s1. The summed E-state index contributed by atoms with van der Waals surface area (Å²) in [5, 5.41) is 3.19. The van der Waals surface area contributed by atoms with Crippen LogP contribution in [0, 0.1) is 5.82 Å². The zero-order valence-electron chi connectivity index (χ0n) is 17.6. The monoisotopic (exact) mass is 454 g/mol. The Kier molecular flexibility index (Phi) is 8.22. The number of para-hydroxylation sites is 1. The summed E-state index contributed by atoms with van der Waals surface area (Å²) in [7, 11) is 0. The van der Waals surface area contributed by atoms with Crippen molar-refractivity contribution in [3.63, 3.8) is 0 Å². The molecule has 166 valence electrons. The van der Waals surface area contributed by atoms with E-state index in [1.54, 1.807) is 48.5 Å². The number of likely N-dealkylation sites (N-methyl/N-ethyl adjacent to an activating group) is 1. The van der Waals surface area contributed by atoms with E-state index in [-0.39, 0.29) is 24.9 Å². The number of hydrogen-bond donors (Lipinski definition) is 1. The molecule has 0 aliphatic heterocycles. The quantitative estimate of drug-likeness (QED) is 0.507. The first-order valence-electron chi connectivity index (χ1n) is 10.2. The molecular formula is C25H24ClFN2O3. The molecule has 0 aliphatic carbocycles. The van der Waals surface area contributed by atoms with E-state index in [4.69, 9.17) is 16.3 Å². The van der Waals surface area contributed by atoms with E-state index >= 15 is 0 Å². The van der Waals surface area contributed by atoms with Crippen molar-refractivity contribution in [2.45, 2.75) is 19.5 Å². The summed E-state index contributed by atoms with van der Waals surface area (Å²) in [4.78, 5) is 27.8. The molecule has 7 heteroatoms. The first-order chi connectivity index (χ1) is 15.5. The number of hydrogen-bond acceptors (Lipinski definition) is 3. The van der Waals surface area contributed by atoms with Gasteiger partial charge in [-0.05, 0) is 42.3 Å². The fraction of sp³-hybridized carbons (Fsp3) is 0.200. The highest BCUT2D eigenvalue weighted by molar-refractivity contribution is 6.32. The van der Waals surface area contributed by atoms with Gasteiger partial charge in [0, 0.05) is 13.1 Å². The first kappa shape index (κ1) is 23.3. The fourth-order valence-electron chi connectivity index (χ4n) is 3.27. The molecule has 1 atom stereocenters. The van der Waals surface area contributed by atoms with E-state index in [0.29, 0.717) is 28.4 Å². The summed E-state index contributed by atoms with van der Waals surface area (Å²) >= 11 is 6.13. The lowest BCUT2D eigenvalue weighted by Crippen LogP contribution is -2.45. The molecule has 3 aromatic carbocycles. The van der Waals surface area contributed by atoms with Crippen molar-refractivity contribution in [2.75, 3.05) is 13.2 Å². The average molecular weight is 455 g/mol. The van der Waals surface area contributed by atoms with Crippen molar-refractivity contribution in [2.24, 2.45) is 0 Å². The van der Waals surface area contributed by atoms with E-state index < -0.39 is 11.9 Å². The Morgan fingerprint density at radius 1 is 1.00 bits per heavy atom. The van der Waals surface area contributed by atoms with Crippen LogP contribution in [0.3, 0.4) is 0 Å². The summed E-state index contributed by atoms with van der Waals surface area (Å²) in [6.07, 6.45) is 0. The van der Waals surface area contributed by atoms with Gasteiger partial charge in [-0.3, -0.25) is 9.59 Å². The lowest BCUT2D eigenvalue weighted by Gasteiger charge is -2.31. The van der Waals surface area contributed by atoms with Crippen LogP contribution in [0.1, 0.15) is 24.1 Å². The highest BCUT2D eigenvalue weighted by atomic mass is 35.5. The molecule has 1 N–H and O–H groups in total. The van der Waals surface area contributed by atoms with Crippen LogP contribution in [0.25, 0.3) is 0 Å². The molecule has 3 aromatic rings. The third kappa shape index (κ3) is 6.08. The van der Waals surface area contributed by atoms with Crippen molar-refractivity contribution in [3.05, 3.63) is 101 Å². The van der Waals surface area contributed by atoms with Gasteiger partial charge < -0.3 is 15.0 Å². The number of carbonyl (C=O) groups is 2. The Hall–Kier alpha value is -3.38. The Bertz CT molecular complexity index is 1040. The van der Waals surface area contributed by atoms with Crippen molar-refractivity contribution in [3.8, 4) is 5.75 Å². The van der Waals surface area contributed by atoms with Crippen molar-refractivity contribution >= 4 is 23.4 Å². The van der Waals surface area contributed by atoms with Crippen molar-refractivity contribution < 1.29 is 18.7 Å². The van der Waals surface area contributed by atoms with Crippen LogP contribution in [-0.2, 0) is 16.1 Å². The van der Waals surface area contributed by atoms with Gasteiger partial charge in [0.25, 0.3) is 5.91 Å². The maximum atomic E-state index is 13.4. The van der Waals surface area contributed by atoms with E-state index in [2.05, 4.69) is 5.32 Å². The Morgan fingerprint density at radius 2 is 1.66 bits per heavy atom. The SMILES string of the molecule is CCNC(=O)[C@H](c1ccccc1)N(Cc1ccc(F)cc1)C(=O)COc1ccccc1Cl. The van der Waals surface area contributed by atoms with Gasteiger partial charge in [0.05, 0.1) is 5.02 Å². The molecule has 0 saturated heterocycles. The molecule has 32 heavy (non-hydrogen) atoms. The van der Waals surface area contributed by atoms with E-state index in [9.17, 15) is 14.0 Å². The third-order valence-corrected chi connectivity index (χ3v) is 5.11. The number of nitrogens with one attached hydrogen (secondary N) is 1. The molecule has 3 rings (SSSR count). The molecule has 0 fully saturated rings. The van der Waals surface area contributed by atoms with Crippen LogP contribution >= 0.6 is 11.6 Å². The molecule has 0 aliphatic rings. The van der Waals surface area contributed by atoms with Gasteiger partial charge in [-0.25, -0.2) is 4.39 Å². The highest BCUT2D eigenvalue weighted by Gasteiger charge is 2.31. The molecular weight excluding hydrogens is 431 g/mol. The van der Waals surface area contributed by atoms with E-state index in [1.807, 2.05) is 25.1 Å². The highest BCUT2D eigenvalue weighted by Crippen LogP contribution is 2.26. The molecule has 0 unspecified atom stereocenters.